The molecule has 1 unspecified atom stereocenters. The number of carbonyl (C=O) groups excluding carboxylic acids is 1. The number of halogens is 1. The maximum absolute atomic E-state index is 13.1. The zero-order valence-corrected chi connectivity index (χ0v) is 10.7. The first-order valence-corrected chi connectivity index (χ1v) is 6.34. The molecule has 1 aliphatic heterocycles. The lowest BCUT2D eigenvalue weighted by molar-refractivity contribution is -0.127. The zero-order valence-electron chi connectivity index (χ0n) is 10.7. The van der Waals surface area contributed by atoms with Gasteiger partial charge in [-0.1, -0.05) is 19.1 Å². The van der Waals surface area contributed by atoms with Crippen molar-refractivity contribution in [3.63, 3.8) is 0 Å². The third kappa shape index (κ3) is 2.88. The molecule has 1 saturated heterocycles. The minimum absolute atomic E-state index is 0.00209. The van der Waals surface area contributed by atoms with E-state index in [1.54, 1.807) is 6.07 Å². The smallest absolute Gasteiger partial charge is 0.223 e. The fourth-order valence-electron chi connectivity index (χ4n) is 2.08. The Morgan fingerprint density at radius 1 is 1.44 bits per heavy atom. The fraction of sp³-hybridized carbons (Fsp3) is 0.500. The predicted molar refractivity (Wildman–Crippen MR) is 68.5 cm³/mol. The van der Waals surface area contributed by atoms with Crippen molar-refractivity contribution < 1.29 is 9.18 Å². The van der Waals surface area contributed by atoms with E-state index in [0.717, 1.165) is 18.7 Å². The summed E-state index contributed by atoms with van der Waals surface area (Å²) in [7, 11) is 0. The van der Waals surface area contributed by atoms with Gasteiger partial charge in [-0.3, -0.25) is 4.79 Å². The summed E-state index contributed by atoms with van der Waals surface area (Å²) in [5.41, 5.74) is 0.794. The van der Waals surface area contributed by atoms with Crippen molar-refractivity contribution in [1.82, 2.24) is 10.6 Å². The van der Waals surface area contributed by atoms with Crippen LogP contribution in [0, 0.1) is 17.7 Å². The van der Waals surface area contributed by atoms with E-state index >= 15 is 0 Å². The van der Waals surface area contributed by atoms with Gasteiger partial charge in [0.1, 0.15) is 5.82 Å². The highest BCUT2D eigenvalue weighted by molar-refractivity contribution is 5.79. The Morgan fingerprint density at radius 3 is 2.72 bits per heavy atom. The number of rotatable bonds is 4. The minimum Gasteiger partial charge on any atom is -0.349 e. The summed E-state index contributed by atoms with van der Waals surface area (Å²) in [5.74, 6) is 0.190. The maximum Gasteiger partial charge on any atom is 0.223 e. The molecule has 98 valence electrons. The lowest BCUT2D eigenvalue weighted by Crippen LogP contribution is -2.49. The largest absolute Gasteiger partial charge is 0.349 e. The average Bonchev–Trinajstić information content (AvgIpc) is 2.26. The first kappa shape index (κ1) is 13.0. The first-order valence-electron chi connectivity index (χ1n) is 6.34. The van der Waals surface area contributed by atoms with E-state index in [1.807, 2.05) is 19.9 Å². The quantitative estimate of drug-likeness (QED) is 0.856. The summed E-state index contributed by atoms with van der Waals surface area (Å²) in [6.45, 7) is 5.63. The number of benzene rings is 1. The van der Waals surface area contributed by atoms with Crippen LogP contribution in [0.25, 0.3) is 0 Å². The lowest BCUT2D eigenvalue weighted by atomic mass is 9.88. The molecule has 4 heteroatoms. The summed E-state index contributed by atoms with van der Waals surface area (Å²) in [6.07, 6.45) is 0. The summed E-state index contributed by atoms with van der Waals surface area (Å²) in [6, 6.07) is 6.18. The molecule has 3 nitrogen and oxygen atoms in total. The Kier molecular flexibility index (Phi) is 3.97. The van der Waals surface area contributed by atoms with Gasteiger partial charge >= 0.3 is 0 Å². The summed E-state index contributed by atoms with van der Waals surface area (Å²) >= 11 is 0. The molecule has 18 heavy (non-hydrogen) atoms. The van der Waals surface area contributed by atoms with Crippen molar-refractivity contribution in [1.29, 1.82) is 0 Å². The van der Waals surface area contributed by atoms with Gasteiger partial charge in [0.05, 0.1) is 6.04 Å². The highest BCUT2D eigenvalue weighted by Crippen LogP contribution is 2.19. The number of hydrogen-bond acceptors (Lipinski definition) is 2. The van der Waals surface area contributed by atoms with E-state index < -0.39 is 0 Å². The van der Waals surface area contributed by atoms with Crippen LogP contribution < -0.4 is 10.6 Å². The molecule has 0 saturated carbocycles. The van der Waals surface area contributed by atoms with Crippen molar-refractivity contribution in [3.8, 4) is 0 Å². The Balaban J connectivity index is 1.94. The van der Waals surface area contributed by atoms with Crippen LogP contribution in [0.4, 0.5) is 4.39 Å². The van der Waals surface area contributed by atoms with Gasteiger partial charge in [0.2, 0.25) is 5.91 Å². The molecular weight excluding hydrogens is 231 g/mol. The molecule has 0 bridgehead atoms. The van der Waals surface area contributed by atoms with Gasteiger partial charge in [0, 0.05) is 5.92 Å². The Morgan fingerprint density at radius 2 is 2.17 bits per heavy atom. The number of carbonyl (C=O) groups is 1. The van der Waals surface area contributed by atoms with Crippen LogP contribution >= 0.6 is 0 Å². The normalized spacial score (nSPS) is 18.8. The third-order valence-electron chi connectivity index (χ3n) is 3.64. The molecule has 0 radical (unpaired) electrons. The zero-order chi connectivity index (χ0) is 13.1. The second-order valence-corrected chi connectivity index (χ2v) is 4.99. The van der Waals surface area contributed by atoms with Crippen LogP contribution in [0.2, 0.25) is 0 Å². The van der Waals surface area contributed by atoms with Crippen LogP contribution in [0.15, 0.2) is 24.3 Å². The second-order valence-electron chi connectivity index (χ2n) is 4.99. The van der Waals surface area contributed by atoms with E-state index in [9.17, 15) is 9.18 Å². The van der Waals surface area contributed by atoms with E-state index in [-0.39, 0.29) is 23.7 Å². The highest BCUT2D eigenvalue weighted by atomic mass is 19.1. The highest BCUT2D eigenvalue weighted by Gasteiger charge is 2.29. The minimum atomic E-state index is -0.273. The molecular formula is C14H19FN2O. The molecule has 2 N–H and O–H groups in total. The van der Waals surface area contributed by atoms with Gasteiger partial charge in [-0.25, -0.2) is 4.39 Å². The molecule has 2 rings (SSSR count). The summed E-state index contributed by atoms with van der Waals surface area (Å²) < 4.78 is 13.1. The van der Waals surface area contributed by atoms with Crippen molar-refractivity contribution in [2.45, 2.75) is 19.9 Å². The predicted octanol–water partition coefficient (Wildman–Crippen LogP) is 1.86. The van der Waals surface area contributed by atoms with Crippen molar-refractivity contribution in [2.24, 2.45) is 11.8 Å². The van der Waals surface area contributed by atoms with Crippen LogP contribution in [0.5, 0.6) is 0 Å². The summed E-state index contributed by atoms with van der Waals surface area (Å²) in [5, 5.41) is 6.10. The van der Waals surface area contributed by atoms with Crippen molar-refractivity contribution in [2.75, 3.05) is 13.1 Å². The van der Waals surface area contributed by atoms with Crippen LogP contribution in [-0.2, 0) is 4.79 Å². The molecule has 1 aromatic rings. The number of hydrogen-bond donors (Lipinski definition) is 2. The molecule has 1 amide bonds. The maximum atomic E-state index is 13.1. The molecule has 0 aromatic heterocycles. The molecule has 1 aromatic carbocycles. The van der Waals surface area contributed by atoms with E-state index in [4.69, 9.17) is 0 Å². The lowest BCUT2D eigenvalue weighted by Gasteiger charge is -2.32. The van der Waals surface area contributed by atoms with Crippen molar-refractivity contribution >= 4 is 5.91 Å². The van der Waals surface area contributed by atoms with Gasteiger partial charge < -0.3 is 10.6 Å². The van der Waals surface area contributed by atoms with Crippen molar-refractivity contribution in [3.05, 3.63) is 35.6 Å². The van der Waals surface area contributed by atoms with Gasteiger partial charge in [0.25, 0.3) is 0 Å². The SMILES string of the molecule is CC(C(=O)N[C@@H](C)c1cccc(F)c1)C1CNC1. The number of amides is 1. The molecule has 2 atom stereocenters. The van der Waals surface area contributed by atoms with Gasteiger partial charge in [0.15, 0.2) is 0 Å². The standard InChI is InChI=1S/C14H19FN2O/c1-9(12-7-16-8-12)14(18)17-10(2)11-4-3-5-13(15)6-11/h3-6,9-10,12,16H,7-8H2,1-2H3,(H,17,18)/t9?,10-/m0/s1. The van der Waals surface area contributed by atoms with Crippen LogP contribution in [-0.4, -0.2) is 19.0 Å². The van der Waals surface area contributed by atoms with E-state index in [1.165, 1.54) is 12.1 Å². The molecule has 1 fully saturated rings. The second kappa shape index (κ2) is 5.48. The Bertz CT molecular complexity index is 432. The number of nitrogens with one attached hydrogen (secondary N) is 2. The summed E-state index contributed by atoms with van der Waals surface area (Å²) in [4.78, 5) is 12.0. The molecule has 0 aliphatic carbocycles. The third-order valence-corrected chi connectivity index (χ3v) is 3.64. The molecule has 0 spiro atoms. The van der Waals surface area contributed by atoms with Crippen LogP contribution in [0.3, 0.4) is 0 Å². The molecule has 1 aliphatic rings. The van der Waals surface area contributed by atoms with E-state index in [0.29, 0.717) is 5.92 Å². The van der Waals surface area contributed by atoms with E-state index in [2.05, 4.69) is 10.6 Å². The molecule has 1 heterocycles. The monoisotopic (exact) mass is 250 g/mol. The average molecular weight is 250 g/mol. The van der Waals surface area contributed by atoms with Gasteiger partial charge in [-0.05, 0) is 43.6 Å². The topological polar surface area (TPSA) is 41.1 Å². The Hall–Kier alpha value is -1.42. The fourth-order valence-corrected chi connectivity index (χ4v) is 2.08. The van der Waals surface area contributed by atoms with Gasteiger partial charge in [-0.2, -0.15) is 0 Å². The van der Waals surface area contributed by atoms with Crippen LogP contribution in [0.1, 0.15) is 25.5 Å². The van der Waals surface area contributed by atoms with Gasteiger partial charge in [-0.15, -0.1) is 0 Å². The Labute approximate surface area is 107 Å². The first-order chi connectivity index (χ1) is 8.58.